The smallest absolute Gasteiger partial charge is 0.0430 e. The van der Waals surface area contributed by atoms with Crippen LogP contribution in [0.5, 0.6) is 0 Å². The summed E-state index contributed by atoms with van der Waals surface area (Å²) in [5, 5.41) is 0.769. The summed E-state index contributed by atoms with van der Waals surface area (Å²) in [5.74, 6) is 0. The van der Waals surface area contributed by atoms with Crippen LogP contribution < -0.4 is 4.90 Å². The van der Waals surface area contributed by atoms with Gasteiger partial charge in [-0.25, -0.2) is 0 Å². The van der Waals surface area contributed by atoms with Crippen LogP contribution in [0.25, 0.3) is 0 Å². The molecule has 0 atom stereocenters. The molecule has 1 aromatic carbocycles. The Morgan fingerprint density at radius 2 is 1.50 bits per heavy atom. The van der Waals surface area contributed by atoms with Crippen molar-refractivity contribution in [1.29, 1.82) is 0 Å². The Bertz CT molecular complexity index is 362. The van der Waals surface area contributed by atoms with Gasteiger partial charge >= 0.3 is 0 Å². The lowest BCUT2D eigenvalue weighted by atomic mass is 10.2. The SMILES string of the molecule is C=C1CN(c2ccc(Cl)cc2)CC1=C. The zero-order valence-corrected chi connectivity index (χ0v) is 8.72. The number of halogens is 1. The van der Waals surface area contributed by atoms with Crippen molar-refractivity contribution in [3.63, 3.8) is 0 Å². The van der Waals surface area contributed by atoms with Crippen LogP contribution in [0, 0.1) is 0 Å². The molecule has 0 spiro atoms. The van der Waals surface area contributed by atoms with Crippen molar-refractivity contribution in [1.82, 2.24) is 0 Å². The zero-order chi connectivity index (χ0) is 10.1. The van der Waals surface area contributed by atoms with Crippen molar-refractivity contribution in [2.45, 2.75) is 0 Å². The number of rotatable bonds is 1. The molecule has 0 saturated carbocycles. The van der Waals surface area contributed by atoms with Crippen LogP contribution in [-0.2, 0) is 0 Å². The second-order valence-corrected chi connectivity index (χ2v) is 3.98. The van der Waals surface area contributed by atoms with Gasteiger partial charge in [0.05, 0.1) is 0 Å². The minimum absolute atomic E-state index is 0.769. The average Bonchev–Trinajstić information content (AvgIpc) is 2.48. The fraction of sp³-hybridized carbons (Fsp3) is 0.167. The number of nitrogens with zero attached hydrogens (tertiary/aromatic N) is 1. The molecule has 72 valence electrons. The first-order valence-corrected chi connectivity index (χ1v) is 4.91. The average molecular weight is 206 g/mol. The molecule has 14 heavy (non-hydrogen) atoms. The second kappa shape index (κ2) is 3.50. The van der Waals surface area contributed by atoms with E-state index in [1.165, 1.54) is 5.69 Å². The molecular weight excluding hydrogens is 194 g/mol. The normalized spacial score (nSPS) is 16.5. The second-order valence-electron chi connectivity index (χ2n) is 3.54. The summed E-state index contributed by atoms with van der Waals surface area (Å²) in [6, 6.07) is 7.85. The summed E-state index contributed by atoms with van der Waals surface area (Å²) < 4.78 is 0. The van der Waals surface area contributed by atoms with Crippen LogP contribution in [-0.4, -0.2) is 13.1 Å². The van der Waals surface area contributed by atoms with E-state index in [1.807, 2.05) is 24.3 Å². The summed E-state index contributed by atoms with van der Waals surface area (Å²) >= 11 is 5.82. The van der Waals surface area contributed by atoms with Crippen molar-refractivity contribution in [2.75, 3.05) is 18.0 Å². The third-order valence-electron chi connectivity index (χ3n) is 2.46. The quantitative estimate of drug-likeness (QED) is 0.680. The zero-order valence-electron chi connectivity index (χ0n) is 7.96. The molecule has 0 radical (unpaired) electrons. The fourth-order valence-electron chi connectivity index (χ4n) is 1.57. The van der Waals surface area contributed by atoms with Crippen LogP contribution in [0.1, 0.15) is 0 Å². The van der Waals surface area contributed by atoms with Crippen LogP contribution >= 0.6 is 11.6 Å². The Morgan fingerprint density at radius 1 is 1.00 bits per heavy atom. The Kier molecular flexibility index (Phi) is 2.34. The van der Waals surface area contributed by atoms with Gasteiger partial charge in [0.2, 0.25) is 0 Å². The molecule has 2 rings (SSSR count). The molecular formula is C12H12ClN. The van der Waals surface area contributed by atoms with Crippen LogP contribution in [0.2, 0.25) is 5.02 Å². The molecule has 2 heteroatoms. The monoisotopic (exact) mass is 205 g/mol. The van der Waals surface area contributed by atoms with Crippen molar-refractivity contribution in [2.24, 2.45) is 0 Å². The van der Waals surface area contributed by atoms with Crippen LogP contribution in [0.3, 0.4) is 0 Å². The summed E-state index contributed by atoms with van der Waals surface area (Å²) in [5.41, 5.74) is 3.43. The Labute approximate surface area is 89.3 Å². The van der Waals surface area contributed by atoms with E-state index >= 15 is 0 Å². The number of hydrogen-bond acceptors (Lipinski definition) is 1. The summed E-state index contributed by atoms with van der Waals surface area (Å²) in [7, 11) is 0. The summed E-state index contributed by atoms with van der Waals surface area (Å²) in [6.45, 7) is 9.67. The molecule has 1 fully saturated rings. The van der Waals surface area contributed by atoms with Gasteiger partial charge in [-0.15, -0.1) is 0 Å². The topological polar surface area (TPSA) is 3.24 Å². The lowest BCUT2D eigenvalue weighted by Gasteiger charge is -2.16. The fourth-order valence-corrected chi connectivity index (χ4v) is 1.70. The van der Waals surface area contributed by atoms with Gasteiger partial charge in [0, 0.05) is 23.8 Å². The Morgan fingerprint density at radius 3 is 2.00 bits per heavy atom. The maximum Gasteiger partial charge on any atom is 0.0430 e. The number of hydrogen-bond donors (Lipinski definition) is 0. The van der Waals surface area contributed by atoms with Crippen LogP contribution in [0.4, 0.5) is 5.69 Å². The van der Waals surface area contributed by atoms with Gasteiger partial charge in [0.1, 0.15) is 0 Å². The minimum atomic E-state index is 0.769. The first-order valence-electron chi connectivity index (χ1n) is 4.53. The molecule has 1 heterocycles. The van der Waals surface area contributed by atoms with E-state index in [2.05, 4.69) is 18.1 Å². The maximum absolute atomic E-state index is 5.82. The molecule has 0 bridgehead atoms. The highest BCUT2D eigenvalue weighted by molar-refractivity contribution is 6.30. The lowest BCUT2D eigenvalue weighted by molar-refractivity contribution is 1.01. The highest BCUT2D eigenvalue weighted by Crippen LogP contribution is 2.26. The first kappa shape index (κ1) is 9.35. The molecule has 1 aromatic rings. The van der Waals surface area contributed by atoms with Gasteiger partial charge in [0.15, 0.2) is 0 Å². The van der Waals surface area contributed by atoms with E-state index in [0.29, 0.717) is 0 Å². The van der Waals surface area contributed by atoms with Gasteiger partial charge in [-0.1, -0.05) is 24.8 Å². The molecule has 1 saturated heterocycles. The highest BCUT2D eigenvalue weighted by Gasteiger charge is 2.18. The van der Waals surface area contributed by atoms with E-state index in [1.54, 1.807) is 0 Å². The van der Waals surface area contributed by atoms with Gasteiger partial charge < -0.3 is 4.90 Å². The lowest BCUT2D eigenvalue weighted by Crippen LogP contribution is -2.17. The van der Waals surface area contributed by atoms with E-state index < -0.39 is 0 Å². The van der Waals surface area contributed by atoms with E-state index in [0.717, 1.165) is 29.3 Å². The number of benzene rings is 1. The van der Waals surface area contributed by atoms with Crippen molar-refractivity contribution < 1.29 is 0 Å². The predicted molar refractivity (Wildman–Crippen MR) is 61.9 cm³/mol. The largest absolute Gasteiger partial charge is 0.363 e. The highest BCUT2D eigenvalue weighted by atomic mass is 35.5. The molecule has 1 aliphatic heterocycles. The predicted octanol–water partition coefficient (Wildman–Crippen LogP) is 3.27. The molecule has 0 aliphatic carbocycles. The molecule has 0 unspecified atom stereocenters. The molecule has 0 N–H and O–H groups in total. The van der Waals surface area contributed by atoms with Gasteiger partial charge in [-0.2, -0.15) is 0 Å². The molecule has 1 nitrogen and oxygen atoms in total. The minimum Gasteiger partial charge on any atom is -0.363 e. The van der Waals surface area contributed by atoms with Crippen molar-refractivity contribution in [3.8, 4) is 0 Å². The molecule has 0 aromatic heterocycles. The Hall–Kier alpha value is -1.21. The third kappa shape index (κ3) is 1.68. The van der Waals surface area contributed by atoms with E-state index in [4.69, 9.17) is 11.6 Å². The molecule has 0 amide bonds. The van der Waals surface area contributed by atoms with Gasteiger partial charge in [-0.3, -0.25) is 0 Å². The van der Waals surface area contributed by atoms with Gasteiger partial charge in [0.25, 0.3) is 0 Å². The standard InChI is InChI=1S/C12H12ClN/c1-9-7-14(8-10(9)2)12-5-3-11(13)4-6-12/h3-6H,1-2,7-8H2. The summed E-state index contributed by atoms with van der Waals surface area (Å²) in [6.07, 6.45) is 0. The number of anilines is 1. The van der Waals surface area contributed by atoms with Crippen molar-refractivity contribution >= 4 is 17.3 Å². The maximum atomic E-state index is 5.82. The van der Waals surface area contributed by atoms with Crippen molar-refractivity contribution in [3.05, 3.63) is 53.6 Å². The van der Waals surface area contributed by atoms with Crippen LogP contribution in [0.15, 0.2) is 48.6 Å². The van der Waals surface area contributed by atoms with E-state index in [9.17, 15) is 0 Å². The summed E-state index contributed by atoms with van der Waals surface area (Å²) in [4.78, 5) is 2.24. The Balaban J connectivity index is 2.21. The van der Waals surface area contributed by atoms with Gasteiger partial charge in [-0.05, 0) is 35.4 Å². The third-order valence-corrected chi connectivity index (χ3v) is 2.71. The first-order chi connectivity index (χ1) is 6.66. The van der Waals surface area contributed by atoms with E-state index in [-0.39, 0.29) is 0 Å². The molecule has 1 aliphatic rings.